The summed E-state index contributed by atoms with van der Waals surface area (Å²) in [6, 6.07) is 0.769. The highest BCUT2D eigenvalue weighted by Crippen LogP contribution is 2.17. The van der Waals surface area contributed by atoms with Gasteiger partial charge in [-0.1, -0.05) is 6.42 Å². The number of carbonyl (C=O) groups is 1. The van der Waals surface area contributed by atoms with Gasteiger partial charge >= 0.3 is 6.03 Å². The number of amides is 2. The molecule has 0 bridgehead atoms. The average Bonchev–Trinajstić information content (AvgIpc) is 2.97. The minimum absolute atomic E-state index is 0.0392. The zero-order valence-corrected chi connectivity index (χ0v) is 13.4. The largest absolute Gasteiger partial charge is 0.396 e. The lowest BCUT2D eigenvalue weighted by molar-refractivity contribution is 0.157. The van der Waals surface area contributed by atoms with E-state index in [1.807, 2.05) is 4.90 Å². The zero-order valence-electron chi connectivity index (χ0n) is 13.4. The minimum atomic E-state index is 0.0392. The summed E-state index contributed by atoms with van der Waals surface area (Å²) in [6.07, 6.45) is 7.17. The Morgan fingerprint density at radius 3 is 2.81 bits per heavy atom. The molecule has 2 N–H and O–H groups in total. The van der Waals surface area contributed by atoms with Crippen molar-refractivity contribution in [3.63, 3.8) is 0 Å². The molecular formula is C16H31N3O2. The number of rotatable bonds is 6. The van der Waals surface area contributed by atoms with E-state index in [2.05, 4.69) is 17.1 Å². The predicted octanol–water partition coefficient (Wildman–Crippen LogP) is 1.66. The maximum absolute atomic E-state index is 11.9. The van der Waals surface area contributed by atoms with Crippen molar-refractivity contribution in [3.8, 4) is 0 Å². The molecule has 0 radical (unpaired) electrons. The molecule has 2 heterocycles. The van der Waals surface area contributed by atoms with E-state index in [1.54, 1.807) is 0 Å². The molecule has 2 aliphatic heterocycles. The van der Waals surface area contributed by atoms with E-state index >= 15 is 0 Å². The molecule has 2 rings (SSSR count). The minimum Gasteiger partial charge on any atom is -0.396 e. The monoisotopic (exact) mass is 297 g/mol. The van der Waals surface area contributed by atoms with Crippen LogP contribution in [0.4, 0.5) is 4.79 Å². The Morgan fingerprint density at radius 2 is 2.10 bits per heavy atom. The standard InChI is InChI=1S/C16H31N3O2/c1-14-6-2-4-9-18(14)10-5-3-8-17-16(21)19-11-7-15(12-19)13-20/h14-15,20H,2-13H2,1H3,(H,17,21). The van der Waals surface area contributed by atoms with Crippen LogP contribution in [0.2, 0.25) is 0 Å². The summed E-state index contributed by atoms with van der Waals surface area (Å²) in [6.45, 7) is 7.16. The maximum Gasteiger partial charge on any atom is 0.317 e. The third-order valence-electron chi connectivity index (χ3n) is 4.92. The third kappa shape index (κ3) is 5.15. The number of urea groups is 1. The van der Waals surface area contributed by atoms with Gasteiger partial charge in [-0.3, -0.25) is 0 Å². The summed E-state index contributed by atoms with van der Waals surface area (Å²) in [4.78, 5) is 16.4. The SMILES string of the molecule is CC1CCCCN1CCCCNC(=O)N1CCC(CO)C1. The normalized spacial score (nSPS) is 27.0. The Hall–Kier alpha value is -0.810. The average molecular weight is 297 g/mol. The number of nitrogens with zero attached hydrogens (tertiary/aromatic N) is 2. The highest BCUT2D eigenvalue weighted by Gasteiger charge is 2.25. The van der Waals surface area contributed by atoms with Crippen molar-refractivity contribution in [1.29, 1.82) is 0 Å². The second kappa shape index (κ2) is 8.59. The van der Waals surface area contributed by atoms with E-state index in [0.29, 0.717) is 6.54 Å². The van der Waals surface area contributed by atoms with Gasteiger partial charge in [0.15, 0.2) is 0 Å². The van der Waals surface area contributed by atoms with Gasteiger partial charge in [0.2, 0.25) is 0 Å². The molecule has 0 aromatic rings. The van der Waals surface area contributed by atoms with Crippen LogP contribution in [-0.2, 0) is 0 Å². The lowest BCUT2D eigenvalue weighted by atomic mass is 10.0. The second-order valence-electron chi connectivity index (χ2n) is 6.60. The van der Waals surface area contributed by atoms with Crippen LogP contribution in [0.25, 0.3) is 0 Å². The number of hydrogen-bond acceptors (Lipinski definition) is 3. The number of likely N-dealkylation sites (tertiary alicyclic amines) is 2. The summed E-state index contributed by atoms with van der Waals surface area (Å²) in [5, 5.41) is 12.1. The summed E-state index contributed by atoms with van der Waals surface area (Å²) in [5.74, 6) is 0.274. The number of carbonyl (C=O) groups excluding carboxylic acids is 1. The molecule has 0 aliphatic carbocycles. The molecule has 0 aromatic heterocycles. The molecule has 5 heteroatoms. The quantitative estimate of drug-likeness (QED) is 0.733. The lowest BCUT2D eigenvalue weighted by Crippen LogP contribution is -2.40. The van der Waals surface area contributed by atoms with Gasteiger partial charge in [-0.25, -0.2) is 4.79 Å². The maximum atomic E-state index is 11.9. The molecule has 122 valence electrons. The number of nitrogens with one attached hydrogen (secondary N) is 1. The van der Waals surface area contributed by atoms with Crippen molar-refractivity contribution in [1.82, 2.24) is 15.1 Å². The van der Waals surface area contributed by atoms with Crippen LogP contribution in [0, 0.1) is 5.92 Å². The summed E-state index contributed by atoms with van der Waals surface area (Å²) in [5.41, 5.74) is 0. The third-order valence-corrected chi connectivity index (χ3v) is 4.92. The van der Waals surface area contributed by atoms with Crippen LogP contribution < -0.4 is 5.32 Å². The van der Waals surface area contributed by atoms with Crippen molar-refractivity contribution in [2.75, 3.05) is 39.3 Å². The van der Waals surface area contributed by atoms with Gasteiger partial charge in [-0.15, -0.1) is 0 Å². The predicted molar refractivity (Wildman–Crippen MR) is 84.3 cm³/mol. The van der Waals surface area contributed by atoms with E-state index in [4.69, 9.17) is 5.11 Å². The fourth-order valence-corrected chi connectivity index (χ4v) is 3.40. The highest BCUT2D eigenvalue weighted by atomic mass is 16.3. The molecule has 2 amide bonds. The number of hydrogen-bond donors (Lipinski definition) is 2. The molecule has 2 unspecified atom stereocenters. The molecule has 2 fully saturated rings. The summed E-state index contributed by atoms with van der Waals surface area (Å²) >= 11 is 0. The van der Waals surface area contributed by atoms with Gasteiger partial charge in [0.05, 0.1) is 0 Å². The molecule has 2 atom stereocenters. The van der Waals surface area contributed by atoms with E-state index < -0.39 is 0 Å². The zero-order chi connectivity index (χ0) is 15.1. The van der Waals surface area contributed by atoms with Crippen LogP contribution in [0.1, 0.15) is 45.4 Å². The summed E-state index contributed by atoms with van der Waals surface area (Å²) < 4.78 is 0. The second-order valence-corrected chi connectivity index (χ2v) is 6.60. The molecule has 2 aliphatic rings. The topological polar surface area (TPSA) is 55.8 Å². The van der Waals surface area contributed by atoms with Gasteiger partial charge in [0.25, 0.3) is 0 Å². The molecule has 5 nitrogen and oxygen atoms in total. The highest BCUT2D eigenvalue weighted by molar-refractivity contribution is 5.74. The number of aliphatic hydroxyl groups is 1. The van der Waals surface area contributed by atoms with Crippen LogP contribution in [0.15, 0.2) is 0 Å². The number of unbranched alkanes of at least 4 members (excludes halogenated alkanes) is 1. The van der Waals surface area contributed by atoms with Crippen molar-refractivity contribution in [2.24, 2.45) is 5.92 Å². The number of aliphatic hydroxyl groups excluding tert-OH is 1. The fourth-order valence-electron chi connectivity index (χ4n) is 3.40. The van der Waals surface area contributed by atoms with Crippen molar-refractivity contribution in [3.05, 3.63) is 0 Å². The first-order chi connectivity index (χ1) is 10.2. The Kier molecular flexibility index (Phi) is 6.77. The van der Waals surface area contributed by atoms with E-state index in [9.17, 15) is 4.79 Å². The smallest absolute Gasteiger partial charge is 0.317 e. The molecular weight excluding hydrogens is 266 g/mol. The van der Waals surface area contributed by atoms with Gasteiger partial charge in [-0.2, -0.15) is 0 Å². The van der Waals surface area contributed by atoms with Gasteiger partial charge in [0, 0.05) is 38.2 Å². The molecule has 21 heavy (non-hydrogen) atoms. The van der Waals surface area contributed by atoms with Crippen molar-refractivity contribution >= 4 is 6.03 Å². The van der Waals surface area contributed by atoms with Crippen molar-refractivity contribution in [2.45, 2.75) is 51.5 Å². The number of piperidine rings is 1. The van der Waals surface area contributed by atoms with Gasteiger partial charge < -0.3 is 20.2 Å². The van der Waals surface area contributed by atoms with Crippen LogP contribution in [0.5, 0.6) is 0 Å². The van der Waals surface area contributed by atoms with Crippen LogP contribution in [0.3, 0.4) is 0 Å². The molecule has 2 saturated heterocycles. The Bertz CT molecular complexity index is 325. The Balaban J connectivity index is 1.52. The van der Waals surface area contributed by atoms with E-state index in [-0.39, 0.29) is 18.6 Å². The first kappa shape index (κ1) is 16.6. The first-order valence-electron chi connectivity index (χ1n) is 8.58. The Morgan fingerprint density at radius 1 is 1.24 bits per heavy atom. The van der Waals surface area contributed by atoms with Gasteiger partial charge in [0.1, 0.15) is 0 Å². The van der Waals surface area contributed by atoms with Crippen LogP contribution in [-0.4, -0.2) is 66.3 Å². The lowest BCUT2D eigenvalue weighted by Gasteiger charge is -2.33. The van der Waals surface area contributed by atoms with Gasteiger partial charge in [-0.05, 0) is 52.1 Å². The molecule has 0 aromatic carbocycles. The Labute approximate surface area is 128 Å². The van der Waals surface area contributed by atoms with Crippen LogP contribution >= 0.6 is 0 Å². The van der Waals surface area contributed by atoms with Crippen molar-refractivity contribution < 1.29 is 9.90 Å². The fraction of sp³-hybridized carbons (Fsp3) is 0.938. The first-order valence-corrected chi connectivity index (χ1v) is 8.58. The van der Waals surface area contributed by atoms with E-state index in [1.165, 1.54) is 25.8 Å². The molecule has 0 spiro atoms. The summed E-state index contributed by atoms with van der Waals surface area (Å²) in [7, 11) is 0. The molecule has 0 saturated carbocycles. The van der Waals surface area contributed by atoms with E-state index in [0.717, 1.165) is 44.9 Å².